The van der Waals surface area contributed by atoms with Crippen LogP contribution in [0, 0.1) is 0 Å². The summed E-state index contributed by atoms with van der Waals surface area (Å²) in [7, 11) is 0. The molecule has 3 N–H and O–H groups in total. The van der Waals surface area contributed by atoms with E-state index in [0.29, 0.717) is 34.7 Å². The number of anilines is 1. The van der Waals surface area contributed by atoms with Gasteiger partial charge in [-0.05, 0) is 68.4 Å². The zero-order valence-electron chi connectivity index (χ0n) is 19.2. The van der Waals surface area contributed by atoms with E-state index in [1.807, 2.05) is 36.4 Å². The average Bonchev–Trinajstić information content (AvgIpc) is 2.85. The van der Waals surface area contributed by atoms with Gasteiger partial charge in [-0.25, -0.2) is 9.66 Å². The van der Waals surface area contributed by atoms with E-state index in [1.165, 1.54) is 5.56 Å². The first-order chi connectivity index (χ1) is 16.6. The van der Waals surface area contributed by atoms with Gasteiger partial charge in [0.25, 0.3) is 5.56 Å². The molecule has 0 radical (unpaired) electrons. The first kappa shape index (κ1) is 24.0. The Balaban J connectivity index is 1.56. The molecule has 4 aromatic rings. The van der Waals surface area contributed by atoms with Gasteiger partial charge in [-0.2, -0.15) is 0 Å². The van der Waals surface area contributed by atoms with Gasteiger partial charge in [0, 0.05) is 18.0 Å². The van der Waals surface area contributed by atoms with Crippen molar-refractivity contribution in [2.24, 2.45) is 5.73 Å². The van der Waals surface area contributed by atoms with Gasteiger partial charge < -0.3 is 5.73 Å². The monoisotopic (exact) mass is 475 g/mol. The van der Waals surface area contributed by atoms with Gasteiger partial charge in [0.2, 0.25) is 0 Å². The number of aromatic nitrogens is 2. The largest absolute Gasteiger partial charge is 0.330 e. The minimum atomic E-state index is -0.134. The van der Waals surface area contributed by atoms with Gasteiger partial charge in [0.15, 0.2) is 0 Å². The van der Waals surface area contributed by atoms with Gasteiger partial charge >= 0.3 is 0 Å². The summed E-state index contributed by atoms with van der Waals surface area (Å²) in [6.07, 6.45) is 2.44. The predicted molar refractivity (Wildman–Crippen MR) is 140 cm³/mol. The first-order valence-electron chi connectivity index (χ1n) is 11.6. The predicted octanol–water partition coefficient (Wildman–Crippen LogP) is 4.71. The van der Waals surface area contributed by atoms with Crippen LogP contribution in [0.4, 0.5) is 5.69 Å². The maximum atomic E-state index is 13.3. The molecule has 0 spiro atoms. The number of nitrogens with one attached hydrogen (secondary N) is 1. The van der Waals surface area contributed by atoms with E-state index in [0.717, 1.165) is 38.2 Å². The maximum absolute atomic E-state index is 13.3. The Labute approximate surface area is 205 Å². The highest BCUT2D eigenvalue weighted by Gasteiger charge is 2.13. The van der Waals surface area contributed by atoms with Gasteiger partial charge in [0.1, 0.15) is 5.82 Å². The number of nitrogens with zero attached hydrogens (tertiary/aromatic N) is 3. The normalized spacial score (nSPS) is 11.3. The molecule has 7 heteroatoms. The molecule has 0 aliphatic heterocycles. The molecule has 0 amide bonds. The minimum absolute atomic E-state index is 0.134. The molecule has 1 heterocycles. The van der Waals surface area contributed by atoms with Crippen LogP contribution in [0.5, 0.6) is 0 Å². The van der Waals surface area contributed by atoms with Crippen LogP contribution in [0.2, 0.25) is 5.02 Å². The summed E-state index contributed by atoms with van der Waals surface area (Å²) in [4.78, 5) is 20.6. The lowest BCUT2D eigenvalue weighted by molar-refractivity contribution is 0.259. The van der Waals surface area contributed by atoms with Crippen molar-refractivity contribution >= 4 is 28.2 Å². The Hall–Kier alpha value is -3.19. The number of nitrogens with two attached hydrogens (primary N) is 1. The summed E-state index contributed by atoms with van der Waals surface area (Å²) in [5, 5.41) is 1.10. The van der Waals surface area contributed by atoms with Gasteiger partial charge in [-0.3, -0.25) is 15.1 Å². The summed E-state index contributed by atoms with van der Waals surface area (Å²) in [5.41, 5.74) is 11.6. The third-order valence-electron chi connectivity index (χ3n) is 5.72. The molecule has 0 bridgehead atoms. The zero-order valence-corrected chi connectivity index (χ0v) is 19.9. The fourth-order valence-electron chi connectivity index (χ4n) is 4.02. The number of hydrogen-bond donors (Lipinski definition) is 2. The van der Waals surface area contributed by atoms with Crippen molar-refractivity contribution in [2.75, 3.05) is 25.1 Å². The highest BCUT2D eigenvalue weighted by atomic mass is 35.5. The number of halogens is 1. The molecule has 0 saturated carbocycles. The standard InChI is InChI=1S/C27H30ClN5O/c28-22-14-15-24-25(19-22)30-26(33(27(24)34)31-23-11-5-2-6-12-23)13-7-17-32(18-8-16-29)20-21-9-3-1-4-10-21/h1-6,9-12,14-15,19,31H,7-8,13,16-18,20,29H2. The molecule has 0 saturated heterocycles. The SMILES string of the molecule is NCCCN(CCCc1nc2cc(Cl)ccc2c(=O)n1Nc1ccccc1)Cc1ccccc1. The van der Waals surface area contributed by atoms with Crippen LogP contribution < -0.4 is 16.7 Å². The third-order valence-corrected chi connectivity index (χ3v) is 5.95. The highest BCUT2D eigenvalue weighted by Crippen LogP contribution is 2.17. The first-order valence-corrected chi connectivity index (χ1v) is 12.0. The van der Waals surface area contributed by atoms with E-state index < -0.39 is 0 Å². The summed E-state index contributed by atoms with van der Waals surface area (Å²) in [6.45, 7) is 3.35. The Morgan fingerprint density at radius 2 is 1.65 bits per heavy atom. The van der Waals surface area contributed by atoms with Crippen LogP contribution in [-0.2, 0) is 13.0 Å². The quantitative estimate of drug-likeness (QED) is 0.328. The molecule has 4 rings (SSSR count). The molecule has 0 aliphatic carbocycles. The molecule has 0 unspecified atom stereocenters. The van der Waals surface area contributed by atoms with Crippen LogP contribution in [0.15, 0.2) is 83.7 Å². The lowest BCUT2D eigenvalue weighted by Gasteiger charge is -2.22. The van der Waals surface area contributed by atoms with Crippen molar-refractivity contribution in [1.82, 2.24) is 14.6 Å². The number of benzene rings is 3. The number of para-hydroxylation sites is 1. The minimum Gasteiger partial charge on any atom is -0.330 e. The second-order valence-corrected chi connectivity index (χ2v) is 8.75. The second-order valence-electron chi connectivity index (χ2n) is 8.32. The molecule has 0 aliphatic rings. The van der Waals surface area contributed by atoms with E-state index in [2.05, 4.69) is 34.6 Å². The van der Waals surface area contributed by atoms with Crippen molar-refractivity contribution in [3.63, 3.8) is 0 Å². The fourth-order valence-corrected chi connectivity index (χ4v) is 4.18. The van der Waals surface area contributed by atoms with E-state index in [1.54, 1.807) is 22.9 Å². The Morgan fingerprint density at radius 1 is 0.941 bits per heavy atom. The maximum Gasteiger partial charge on any atom is 0.280 e. The van der Waals surface area contributed by atoms with Crippen molar-refractivity contribution in [1.29, 1.82) is 0 Å². The molecule has 1 aromatic heterocycles. The molecule has 0 atom stereocenters. The summed E-state index contributed by atoms with van der Waals surface area (Å²) in [5.74, 6) is 0.683. The molecular weight excluding hydrogens is 446 g/mol. The van der Waals surface area contributed by atoms with Crippen molar-refractivity contribution in [3.05, 3.63) is 106 Å². The number of hydrogen-bond acceptors (Lipinski definition) is 5. The van der Waals surface area contributed by atoms with Crippen molar-refractivity contribution in [3.8, 4) is 0 Å². The van der Waals surface area contributed by atoms with Gasteiger partial charge in [0.05, 0.1) is 16.6 Å². The summed E-state index contributed by atoms with van der Waals surface area (Å²) < 4.78 is 1.56. The summed E-state index contributed by atoms with van der Waals surface area (Å²) >= 11 is 6.18. The lowest BCUT2D eigenvalue weighted by Crippen LogP contribution is -2.32. The second kappa shape index (κ2) is 11.8. The molecule has 3 aromatic carbocycles. The average molecular weight is 476 g/mol. The van der Waals surface area contributed by atoms with Crippen molar-refractivity contribution < 1.29 is 0 Å². The van der Waals surface area contributed by atoms with Gasteiger partial charge in [-0.15, -0.1) is 0 Å². The van der Waals surface area contributed by atoms with Crippen LogP contribution >= 0.6 is 11.6 Å². The van der Waals surface area contributed by atoms with Crippen LogP contribution in [0.1, 0.15) is 24.2 Å². The third kappa shape index (κ3) is 6.23. The molecule has 6 nitrogen and oxygen atoms in total. The van der Waals surface area contributed by atoms with Crippen LogP contribution in [0.3, 0.4) is 0 Å². The number of rotatable bonds is 11. The number of fused-ring (bicyclic) bond motifs is 1. The Kier molecular flexibility index (Phi) is 8.31. The zero-order chi connectivity index (χ0) is 23.8. The van der Waals surface area contributed by atoms with Crippen molar-refractivity contribution in [2.45, 2.75) is 25.8 Å². The smallest absolute Gasteiger partial charge is 0.280 e. The topological polar surface area (TPSA) is 76.2 Å². The van der Waals surface area contributed by atoms with E-state index >= 15 is 0 Å². The molecule has 0 fully saturated rings. The fraction of sp³-hybridized carbons (Fsp3) is 0.259. The Bertz CT molecular complexity index is 1260. The summed E-state index contributed by atoms with van der Waals surface area (Å²) in [6, 6.07) is 25.3. The highest BCUT2D eigenvalue weighted by molar-refractivity contribution is 6.31. The van der Waals surface area contributed by atoms with Crippen LogP contribution in [0.25, 0.3) is 10.9 Å². The number of aryl methyl sites for hydroxylation is 1. The Morgan fingerprint density at radius 3 is 2.38 bits per heavy atom. The lowest BCUT2D eigenvalue weighted by atomic mass is 10.2. The molecular formula is C27H30ClN5O. The van der Waals surface area contributed by atoms with E-state index in [-0.39, 0.29) is 5.56 Å². The van der Waals surface area contributed by atoms with Gasteiger partial charge in [-0.1, -0.05) is 60.1 Å². The molecule has 34 heavy (non-hydrogen) atoms. The molecule has 176 valence electrons. The van der Waals surface area contributed by atoms with Crippen LogP contribution in [-0.4, -0.2) is 34.2 Å². The van der Waals surface area contributed by atoms with E-state index in [9.17, 15) is 4.79 Å². The van der Waals surface area contributed by atoms with E-state index in [4.69, 9.17) is 22.3 Å².